The Bertz CT molecular complexity index is 743. The Kier molecular flexibility index (Phi) is 5.14. The van der Waals surface area contributed by atoms with Crippen molar-refractivity contribution in [3.8, 4) is 0 Å². The van der Waals surface area contributed by atoms with E-state index in [1.165, 1.54) is 0 Å². The zero-order chi connectivity index (χ0) is 17.8. The first-order valence-corrected chi connectivity index (χ1v) is 8.38. The zero-order valence-electron chi connectivity index (χ0n) is 14.3. The van der Waals surface area contributed by atoms with Crippen LogP contribution in [0.5, 0.6) is 0 Å². The van der Waals surface area contributed by atoms with Gasteiger partial charge in [-0.1, -0.05) is 30.3 Å². The summed E-state index contributed by atoms with van der Waals surface area (Å²) in [5.74, 6) is 0.225. The van der Waals surface area contributed by atoms with Crippen LogP contribution in [0.3, 0.4) is 0 Å². The first kappa shape index (κ1) is 17.2. The third-order valence-corrected chi connectivity index (χ3v) is 4.60. The average Bonchev–Trinajstić information content (AvgIpc) is 3.23. The SMILES string of the molecule is Cn1ccnc1[C@H](NC(=O)CN1CC[C@H](C(N)=O)C1)c1ccccc1. The number of nitrogens with zero attached hydrogens (tertiary/aromatic N) is 3. The summed E-state index contributed by atoms with van der Waals surface area (Å²) < 4.78 is 1.90. The molecule has 3 N–H and O–H groups in total. The van der Waals surface area contributed by atoms with Gasteiger partial charge in [0.05, 0.1) is 12.5 Å². The molecule has 0 aliphatic carbocycles. The summed E-state index contributed by atoms with van der Waals surface area (Å²) in [6, 6.07) is 9.44. The molecule has 132 valence electrons. The fraction of sp³-hybridized carbons (Fsp3) is 0.389. The van der Waals surface area contributed by atoms with Gasteiger partial charge in [-0.3, -0.25) is 14.5 Å². The molecule has 1 aromatic carbocycles. The lowest BCUT2D eigenvalue weighted by atomic mass is 10.1. The van der Waals surface area contributed by atoms with Crippen LogP contribution in [0, 0.1) is 5.92 Å². The normalized spacial score (nSPS) is 18.8. The summed E-state index contributed by atoms with van der Waals surface area (Å²) in [5.41, 5.74) is 6.32. The van der Waals surface area contributed by atoms with Crippen molar-refractivity contribution in [2.45, 2.75) is 12.5 Å². The largest absolute Gasteiger partial charge is 0.369 e. The predicted octanol–water partition coefficient (Wildman–Crippen LogP) is 0.433. The van der Waals surface area contributed by atoms with Crippen molar-refractivity contribution < 1.29 is 9.59 Å². The lowest BCUT2D eigenvalue weighted by molar-refractivity contribution is -0.124. The van der Waals surface area contributed by atoms with Gasteiger partial charge in [-0.05, 0) is 18.5 Å². The second-order valence-electron chi connectivity index (χ2n) is 6.43. The lowest BCUT2D eigenvalue weighted by Crippen LogP contribution is -2.39. The number of aryl methyl sites for hydroxylation is 1. The Morgan fingerprint density at radius 3 is 2.72 bits per heavy atom. The highest BCUT2D eigenvalue weighted by atomic mass is 16.2. The molecule has 2 aromatic rings. The van der Waals surface area contributed by atoms with Gasteiger partial charge in [0, 0.05) is 26.0 Å². The van der Waals surface area contributed by atoms with Crippen LogP contribution in [0.2, 0.25) is 0 Å². The second kappa shape index (κ2) is 7.48. The molecule has 1 aromatic heterocycles. The number of rotatable bonds is 6. The fourth-order valence-corrected chi connectivity index (χ4v) is 3.22. The number of likely N-dealkylation sites (tertiary alicyclic amines) is 1. The van der Waals surface area contributed by atoms with E-state index < -0.39 is 0 Å². The summed E-state index contributed by atoms with van der Waals surface area (Å²) >= 11 is 0. The van der Waals surface area contributed by atoms with Gasteiger partial charge in [0.15, 0.2) is 0 Å². The van der Waals surface area contributed by atoms with Crippen molar-refractivity contribution in [3.05, 3.63) is 54.1 Å². The van der Waals surface area contributed by atoms with E-state index in [0.29, 0.717) is 19.5 Å². The van der Waals surface area contributed by atoms with E-state index in [-0.39, 0.29) is 30.3 Å². The number of primary amides is 1. The van der Waals surface area contributed by atoms with E-state index in [2.05, 4.69) is 10.3 Å². The number of hydrogen-bond acceptors (Lipinski definition) is 4. The molecule has 2 heterocycles. The summed E-state index contributed by atoms with van der Waals surface area (Å²) in [5, 5.41) is 3.07. The molecule has 0 spiro atoms. The number of benzene rings is 1. The molecule has 0 unspecified atom stereocenters. The molecule has 1 aliphatic heterocycles. The summed E-state index contributed by atoms with van der Waals surface area (Å²) in [6.45, 7) is 1.50. The molecule has 0 saturated carbocycles. The van der Waals surface area contributed by atoms with E-state index in [0.717, 1.165) is 11.4 Å². The average molecular weight is 341 g/mol. The maximum absolute atomic E-state index is 12.6. The van der Waals surface area contributed by atoms with Gasteiger partial charge in [0.1, 0.15) is 11.9 Å². The quantitative estimate of drug-likeness (QED) is 0.797. The highest BCUT2D eigenvalue weighted by Crippen LogP contribution is 2.20. The number of carbonyl (C=O) groups excluding carboxylic acids is 2. The van der Waals surface area contributed by atoms with Gasteiger partial charge < -0.3 is 15.6 Å². The van der Waals surface area contributed by atoms with Crippen molar-refractivity contribution in [1.29, 1.82) is 0 Å². The Labute approximate surface area is 146 Å². The van der Waals surface area contributed by atoms with Gasteiger partial charge in [-0.25, -0.2) is 4.98 Å². The van der Waals surface area contributed by atoms with Gasteiger partial charge in [-0.15, -0.1) is 0 Å². The van der Waals surface area contributed by atoms with Crippen LogP contribution < -0.4 is 11.1 Å². The highest BCUT2D eigenvalue weighted by Gasteiger charge is 2.28. The first-order valence-electron chi connectivity index (χ1n) is 8.38. The molecule has 1 fully saturated rings. The standard InChI is InChI=1S/C18H23N5O2/c1-22-10-8-20-18(22)16(13-5-3-2-4-6-13)21-15(24)12-23-9-7-14(11-23)17(19)25/h2-6,8,10,14,16H,7,9,11-12H2,1H3,(H2,19,25)(H,21,24)/t14-,16+/m0/s1. The monoisotopic (exact) mass is 341 g/mol. The molecular weight excluding hydrogens is 318 g/mol. The van der Waals surface area contributed by atoms with Crippen LogP contribution >= 0.6 is 0 Å². The fourth-order valence-electron chi connectivity index (χ4n) is 3.22. The van der Waals surface area contributed by atoms with Crippen molar-refractivity contribution in [2.75, 3.05) is 19.6 Å². The van der Waals surface area contributed by atoms with E-state index in [4.69, 9.17) is 5.73 Å². The summed E-state index contributed by atoms with van der Waals surface area (Å²) in [7, 11) is 1.91. The van der Waals surface area contributed by atoms with Crippen LogP contribution in [0.15, 0.2) is 42.7 Å². The van der Waals surface area contributed by atoms with Gasteiger partial charge in [0.25, 0.3) is 0 Å². The van der Waals surface area contributed by atoms with E-state index in [9.17, 15) is 9.59 Å². The molecule has 1 aliphatic rings. The molecule has 0 radical (unpaired) electrons. The second-order valence-corrected chi connectivity index (χ2v) is 6.43. The Morgan fingerprint density at radius 2 is 2.12 bits per heavy atom. The van der Waals surface area contributed by atoms with Crippen LogP contribution in [-0.4, -0.2) is 45.9 Å². The lowest BCUT2D eigenvalue weighted by Gasteiger charge is -2.21. The molecule has 25 heavy (non-hydrogen) atoms. The minimum absolute atomic E-state index is 0.0954. The molecule has 3 rings (SSSR count). The number of nitrogens with two attached hydrogens (primary N) is 1. The smallest absolute Gasteiger partial charge is 0.235 e. The zero-order valence-corrected chi connectivity index (χ0v) is 14.3. The van der Waals surface area contributed by atoms with E-state index in [1.807, 2.05) is 53.0 Å². The first-order chi connectivity index (χ1) is 12.0. The van der Waals surface area contributed by atoms with Crippen molar-refractivity contribution >= 4 is 11.8 Å². The number of aromatic nitrogens is 2. The number of nitrogens with one attached hydrogen (secondary N) is 1. The topological polar surface area (TPSA) is 93.2 Å². The summed E-state index contributed by atoms with van der Waals surface area (Å²) in [6.07, 6.45) is 4.29. The third-order valence-electron chi connectivity index (χ3n) is 4.60. The Morgan fingerprint density at radius 1 is 1.36 bits per heavy atom. The van der Waals surface area contributed by atoms with Crippen molar-refractivity contribution in [2.24, 2.45) is 18.7 Å². The Balaban J connectivity index is 1.70. The van der Waals surface area contributed by atoms with Crippen molar-refractivity contribution in [1.82, 2.24) is 19.8 Å². The Hall–Kier alpha value is -2.67. The molecular formula is C18H23N5O2. The highest BCUT2D eigenvalue weighted by molar-refractivity contribution is 5.80. The molecule has 7 nitrogen and oxygen atoms in total. The maximum Gasteiger partial charge on any atom is 0.235 e. The molecule has 1 saturated heterocycles. The number of imidazole rings is 1. The van der Waals surface area contributed by atoms with Crippen LogP contribution in [0.1, 0.15) is 23.9 Å². The van der Waals surface area contributed by atoms with Crippen LogP contribution in [0.4, 0.5) is 0 Å². The van der Waals surface area contributed by atoms with E-state index >= 15 is 0 Å². The summed E-state index contributed by atoms with van der Waals surface area (Å²) in [4.78, 5) is 30.2. The molecule has 0 bridgehead atoms. The number of carbonyl (C=O) groups is 2. The van der Waals surface area contributed by atoms with Crippen LogP contribution in [0.25, 0.3) is 0 Å². The van der Waals surface area contributed by atoms with E-state index in [1.54, 1.807) is 6.20 Å². The third kappa shape index (κ3) is 4.06. The van der Waals surface area contributed by atoms with Gasteiger partial charge in [0.2, 0.25) is 11.8 Å². The van der Waals surface area contributed by atoms with Crippen molar-refractivity contribution in [3.63, 3.8) is 0 Å². The van der Waals surface area contributed by atoms with Gasteiger partial charge in [-0.2, -0.15) is 0 Å². The number of hydrogen-bond donors (Lipinski definition) is 2. The molecule has 7 heteroatoms. The minimum atomic E-state index is -0.316. The minimum Gasteiger partial charge on any atom is -0.369 e. The maximum atomic E-state index is 12.6. The molecule has 2 amide bonds. The number of amides is 2. The van der Waals surface area contributed by atoms with Crippen LogP contribution in [-0.2, 0) is 16.6 Å². The predicted molar refractivity (Wildman–Crippen MR) is 93.4 cm³/mol. The van der Waals surface area contributed by atoms with Gasteiger partial charge >= 0.3 is 0 Å². The molecule has 2 atom stereocenters.